The number of hydrogen-bond donors (Lipinski definition) is 0. The Morgan fingerprint density at radius 3 is 2.59 bits per heavy atom. The molecule has 9 nitrogen and oxygen atoms in total. The lowest BCUT2D eigenvalue weighted by atomic mass is 9.83. The van der Waals surface area contributed by atoms with Gasteiger partial charge in [0.1, 0.15) is 11.6 Å². The molecule has 0 N–H and O–H groups in total. The van der Waals surface area contributed by atoms with Crippen molar-refractivity contribution in [3.8, 4) is 0 Å². The third-order valence-corrected chi connectivity index (χ3v) is 8.00. The average Bonchev–Trinajstić information content (AvgIpc) is 2.78. The van der Waals surface area contributed by atoms with Gasteiger partial charge in [0.15, 0.2) is 0 Å². The summed E-state index contributed by atoms with van der Waals surface area (Å²) in [6.07, 6.45) is 0.964. The van der Waals surface area contributed by atoms with Crippen LogP contribution in [0.1, 0.15) is 37.9 Å². The Balaban J connectivity index is 1.56. The lowest BCUT2D eigenvalue weighted by molar-refractivity contribution is -0.144. The summed E-state index contributed by atoms with van der Waals surface area (Å²) >= 11 is 0. The molecule has 192 valence electrons. The van der Waals surface area contributed by atoms with E-state index < -0.39 is 28.1 Å². The summed E-state index contributed by atoms with van der Waals surface area (Å²) < 4.78 is 77.9. The number of ether oxygens (including phenoxy) is 2. The molecule has 0 unspecified atom stereocenters. The highest BCUT2D eigenvalue weighted by atomic mass is 32.2. The summed E-state index contributed by atoms with van der Waals surface area (Å²) in [6, 6.07) is 1.56. The van der Waals surface area contributed by atoms with Gasteiger partial charge in [-0.05, 0) is 12.8 Å². The summed E-state index contributed by atoms with van der Waals surface area (Å²) in [5.41, 5.74) is -0.336. The van der Waals surface area contributed by atoms with Crippen LogP contribution in [0.5, 0.6) is 0 Å². The van der Waals surface area contributed by atoms with Gasteiger partial charge in [-0.3, -0.25) is 0 Å². The Morgan fingerprint density at radius 2 is 1.91 bits per heavy atom. The summed E-state index contributed by atoms with van der Waals surface area (Å²) in [5.74, 6) is -0.861. The zero-order valence-corrected chi connectivity index (χ0v) is 20.4. The maximum Gasteiger partial charge on any atom is 0.451 e. The molecule has 0 bridgehead atoms. The van der Waals surface area contributed by atoms with Gasteiger partial charge in [0.25, 0.3) is 0 Å². The van der Waals surface area contributed by atoms with Crippen LogP contribution in [0.25, 0.3) is 0 Å². The molecule has 4 rings (SSSR count). The van der Waals surface area contributed by atoms with Crippen LogP contribution in [0, 0.1) is 0 Å². The van der Waals surface area contributed by atoms with Crippen molar-refractivity contribution in [1.82, 2.24) is 14.3 Å². The highest BCUT2D eigenvalue weighted by Gasteiger charge is 2.40. The molecule has 2 aliphatic heterocycles. The molecule has 1 spiro atoms. The minimum atomic E-state index is -4.70. The Morgan fingerprint density at radius 1 is 1.18 bits per heavy atom. The molecule has 0 amide bonds. The molecule has 1 aliphatic carbocycles. The first kappa shape index (κ1) is 25.4. The van der Waals surface area contributed by atoms with Gasteiger partial charge in [-0.25, -0.2) is 18.4 Å². The van der Waals surface area contributed by atoms with Crippen LogP contribution in [-0.4, -0.2) is 93.6 Å². The van der Waals surface area contributed by atoms with Crippen LogP contribution >= 0.6 is 0 Å². The average molecular weight is 508 g/mol. The number of alkyl halides is 3. The third-order valence-electron chi connectivity index (χ3n) is 6.73. The monoisotopic (exact) mass is 507 g/mol. The predicted octanol–water partition coefficient (Wildman–Crippen LogP) is 2.13. The van der Waals surface area contributed by atoms with E-state index in [1.807, 2.05) is 4.90 Å². The van der Waals surface area contributed by atoms with E-state index in [0.717, 1.165) is 38.4 Å². The molecule has 1 aromatic rings. The van der Waals surface area contributed by atoms with E-state index in [1.165, 1.54) is 4.31 Å². The van der Waals surface area contributed by atoms with Crippen molar-refractivity contribution in [3.05, 3.63) is 11.9 Å². The minimum absolute atomic E-state index is 0.113. The fourth-order valence-electron chi connectivity index (χ4n) is 4.95. The molecule has 1 aromatic heterocycles. The van der Waals surface area contributed by atoms with Crippen molar-refractivity contribution in [2.24, 2.45) is 0 Å². The van der Waals surface area contributed by atoms with Crippen molar-refractivity contribution < 1.29 is 31.1 Å². The minimum Gasteiger partial charge on any atom is -0.374 e. The maximum absolute atomic E-state index is 13.7. The molecule has 13 heteroatoms. The molecule has 3 aliphatic rings. The first-order valence-corrected chi connectivity index (χ1v) is 13.4. The molecular weight excluding hydrogens is 475 g/mol. The molecular formula is C21H32F3N5O4S. The highest BCUT2D eigenvalue weighted by Crippen LogP contribution is 2.37. The molecule has 1 atom stereocenters. The number of morpholine rings is 2. The Hall–Kier alpha value is -1.70. The van der Waals surface area contributed by atoms with E-state index in [0.29, 0.717) is 19.7 Å². The van der Waals surface area contributed by atoms with Gasteiger partial charge in [0.2, 0.25) is 15.8 Å². The summed E-state index contributed by atoms with van der Waals surface area (Å²) in [4.78, 5) is 11.1. The number of sulfonamides is 1. The van der Waals surface area contributed by atoms with E-state index in [4.69, 9.17) is 9.47 Å². The van der Waals surface area contributed by atoms with E-state index >= 15 is 0 Å². The summed E-state index contributed by atoms with van der Waals surface area (Å²) in [6.45, 7) is 2.20. The summed E-state index contributed by atoms with van der Waals surface area (Å²) in [7, 11) is -1.76. The van der Waals surface area contributed by atoms with Crippen LogP contribution < -0.4 is 9.80 Å². The first-order chi connectivity index (χ1) is 16.0. The number of rotatable bonds is 5. The van der Waals surface area contributed by atoms with Crippen molar-refractivity contribution in [3.63, 3.8) is 0 Å². The second kappa shape index (κ2) is 9.75. The van der Waals surface area contributed by atoms with Gasteiger partial charge in [-0.15, -0.1) is 0 Å². The Labute approximate surface area is 198 Å². The standard InChI is InChI=1S/C21H32F3N5O4S/c1-27(13-16-14-29(9-10-32-16)34(2,30)31)17-12-18(26-19(25-17)21(22,23)24)28-8-11-33-20(15-28)6-4-3-5-7-20/h12,16H,3-11,13-15H2,1-2H3/t16-/m0/s1. The molecule has 3 heterocycles. The van der Waals surface area contributed by atoms with E-state index in [-0.39, 0.29) is 43.5 Å². The maximum atomic E-state index is 13.7. The number of aromatic nitrogens is 2. The number of anilines is 2. The van der Waals surface area contributed by atoms with Gasteiger partial charge >= 0.3 is 6.18 Å². The number of likely N-dealkylation sites (N-methyl/N-ethyl adjacent to an activating group) is 1. The number of hydrogen-bond acceptors (Lipinski definition) is 8. The zero-order valence-electron chi connectivity index (χ0n) is 19.6. The van der Waals surface area contributed by atoms with Crippen molar-refractivity contribution in [2.45, 2.75) is 50.0 Å². The Kier molecular flexibility index (Phi) is 7.28. The molecule has 1 saturated carbocycles. The van der Waals surface area contributed by atoms with Crippen LogP contribution in [-0.2, 0) is 25.7 Å². The summed E-state index contributed by atoms with van der Waals surface area (Å²) in [5, 5.41) is 0. The molecule has 2 saturated heterocycles. The van der Waals surface area contributed by atoms with Crippen LogP contribution in [0.3, 0.4) is 0 Å². The van der Waals surface area contributed by atoms with Gasteiger partial charge < -0.3 is 19.3 Å². The van der Waals surface area contributed by atoms with Crippen LogP contribution in [0.2, 0.25) is 0 Å². The molecule has 34 heavy (non-hydrogen) atoms. The van der Waals surface area contributed by atoms with E-state index in [1.54, 1.807) is 18.0 Å². The number of nitrogens with zero attached hydrogens (tertiary/aromatic N) is 5. The second-order valence-electron chi connectivity index (χ2n) is 9.41. The highest BCUT2D eigenvalue weighted by molar-refractivity contribution is 7.88. The van der Waals surface area contributed by atoms with Gasteiger partial charge in [0, 0.05) is 45.8 Å². The van der Waals surface area contributed by atoms with Crippen molar-refractivity contribution in [2.75, 3.05) is 69.0 Å². The molecule has 0 radical (unpaired) electrons. The zero-order chi connectivity index (χ0) is 24.6. The smallest absolute Gasteiger partial charge is 0.374 e. The van der Waals surface area contributed by atoms with Crippen LogP contribution in [0.4, 0.5) is 24.8 Å². The SMILES string of the molecule is CN(C[C@H]1CN(S(C)(=O)=O)CCO1)c1cc(N2CCOC3(CCCCC3)C2)nc(C(F)(F)F)n1. The van der Waals surface area contributed by atoms with E-state index in [9.17, 15) is 21.6 Å². The number of halogens is 3. The fraction of sp³-hybridized carbons (Fsp3) is 0.810. The van der Waals surface area contributed by atoms with Gasteiger partial charge in [-0.1, -0.05) is 19.3 Å². The largest absolute Gasteiger partial charge is 0.451 e. The normalized spacial score (nSPS) is 24.4. The molecule has 0 aromatic carbocycles. The fourth-order valence-corrected chi connectivity index (χ4v) is 5.79. The second-order valence-corrected chi connectivity index (χ2v) is 11.4. The lowest BCUT2D eigenvalue weighted by Crippen LogP contribution is -2.53. The van der Waals surface area contributed by atoms with Gasteiger partial charge in [-0.2, -0.15) is 17.5 Å². The Bertz CT molecular complexity index is 966. The third kappa shape index (κ3) is 5.92. The first-order valence-electron chi connectivity index (χ1n) is 11.6. The predicted molar refractivity (Wildman–Crippen MR) is 120 cm³/mol. The van der Waals surface area contributed by atoms with Crippen molar-refractivity contribution >= 4 is 21.7 Å². The molecule has 3 fully saturated rings. The van der Waals surface area contributed by atoms with Crippen molar-refractivity contribution in [1.29, 1.82) is 0 Å². The van der Waals surface area contributed by atoms with E-state index in [2.05, 4.69) is 9.97 Å². The lowest BCUT2D eigenvalue weighted by Gasteiger charge is -2.45. The quantitative estimate of drug-likeness (QED) is 0.599. The van der Waals surface area contributed by atoms with Crippen LogP contribution in [0.15, 0.2) is 6.07 Å². The van der Waals surface area contributed by atoms with Gasteiger partial charge in [0.05, 0.1) is 31.2 Å². The topological polar surface area (TPSA) is 88.1 Å².